The Morgan fingerprint density at radius 2 is 2.04 bits per heavy atom. The van der Waals surface area contributed by atoms with Crippen molar-refractivity contribution in [3.05, 3.63) is 35.4 Å². The van der Waals surface area contributed by atoms with Crippen LogP contribution in [0.5, 0.6) is 0 Å². The molecule has 5 nitrogen and oxygen atoms in total. The Hall–Kier alpha value is -0.850. The predicted molar refractivity (Wildman–Crippen MR) is 114 cm³/mol. The molecule has 27 heavy (non-hydrogen) atoms. The van der Waals surface area contributed by atoms with Crippen LogP contribution in [0.15, 0.2) is 24.3 Å². The van der Waals surface area contributed by atoms with E-state index in [4.69, 9.17) is 10.5 Å². The Bertz CT molecular complexity index is 582. The van der Waals surface area contributed by atoms with Gasteiger partial charge in [-0.05, 0) is 31.7 Å². The third-order valence-electron chi connectivity index (χ3n) is 5.47. The molecule has 3 atom stereocenters. The highest BCUT2D eigenvalue weighted by molar-refractivity contribution is 5.85. The number of morpholine rings is 1. The van der Waals surface area contributed by atoms with Gasteiger partial charge in [-0.25, -0.2) is 0 Å². The second kappa shape index (κ2) is 11.9. The number of carbonyl (C=O) groups excluding carboxylic acids is 1. The molecule has 1 heterocycles. The van der Waals surface area contributed by atoms with Crippen LogP contribution in [0.25, 0.3) is 0 Å². The van der Waals surface area contributed by atoms with Gasteiger partial charge in [-0.15, -0.1) is 24.8 Å². The number of nitrogens with zero attached hydrogens (tertiary/aromatic N) is 1. The van der Waals surface area contributed by atoms with Gasteiger partial charge in [-0.1, -0.05) is 36.2 Å². The number of benzene rings is 1. The van der Waals surface area contributed by atoms with E-state index >= 15 is 0 Å². The van der Waals surface area contributed by atoms with Crippen molar-refractivity contribution in [3.8, 4) is 0 Å². The first kappa shape index (κ1) is 24.2. The normalized spacial score (nSPS) is 24.2. The molecule has 0 aromatic heterocycles. The van der Waals surface area contributed by atoms with E-state index in [0.717, 1.165) is 52.0 Å². The van der Waals surface area contributed by atoms with Crippen molar-refractivity contribution < 1.29 is 9.53 Å². The minimum Gasteiger partial charge on any atom is -0.379 e. The number of hydrogen-bond acceptors (Lipinski definition) is 4. The van der Waals surface area contributed by atoms with Gasteiger partial charge in [0.25, 0.3) is 0 Å². The lowest BCUT2D eigenvalue weighted by Gasteiger charge is -2.35. The van der Waals surface area contributed by atoms with Crippen LogP contribution in [0.4, 0.5) is 0 Å². The fourth-order valence-corrected chi connectivity index (χ4v) is 4.03. The molecule has 154 valence electrons. The van der Waals surface area contributed by atoms with Crippen LogP contribution in [0.2, 0.25) is 0 Å². The maximum atomic E-state index is 12.6. The van der Waals surface area contributed by atoms with Crippen LogP contribution < -0.4 is 11.1 Å². The summed E-state index contributed by atoms with van der Waals surface area (Å²) in [6.07, 6.45) is 3.89. The zero-order valence-electron chi connectivity index (χ0n) is 16.1. The topological polar surface area (TPSA) is 67.6 Å². The quantitative estimate of drug-likeness (QED) is 0.772. The van der Waals surface area contributed by atoms with Crippen molar-refractivity contribution in [1.29, 1.82) is 0 Å². The van der Waals surface area contributed by atoms with E-state index in [0.29, 0.717) is 6.54 Å². The number of nitrogens with two attached hydrogens (primary N) is 1. The summed E-state index contributed by atoms with van der Waals surface area (Å²) in [6, 6.07) is 8.97. The average Bonchev–Trinajstić information content (AvgIpc) is 2.63. The number of halogens is 2. The van der Waals surface area contributed by atoms with E-state index in [9.17, 15) is 4.79 Å². The molecule has 2 aliphatic rings. The Labute approximate surface area is 175 Å². The molecule has 3 unspecified atom stereocenters. The molecule has 1 amide bonds. The number of hydrogen-bond donors (Lipinski definition) is 2. The minimum atomic E-state index is 0. The van der Waals surface area contributed by atoms with Gasteiger partial charge in [0.2, 0.25) is 5.91 Å². The molecule has 1 saturated carbocycles. The smallest absolute Gasteiger partial charge is 0.223 e. The molecule has 0 radical (unpaired) electrons. The first-order chi connectivity index (χ1) is 12.1. The average molecular weight is 418 g/mol. The summed E-state index contributed by atoms with van der Waals surface area (Å²) in [5.41, 5.74) is 8.56. The largest absolute Gasteiger partial charge is 0.379 e. The standard InChI is InChI=1S/C20H31N3O2.2ClH/c1-15-4-2-5-16(12-15)19(23-8-10-25-11-9-23)14-22-20(24)17-6-3-7-18(21)13-17;;/h2,4-5,12,17-19H,3,6-11,13-14,21H2,1H3,(H,22,24);2*1H. The summed E-state index contributed by atoms with van der Waals surface area (Å²) in [5, 5.41) is 3.21. The molecule has 1 aliphatic heterocycles. The van der Waals surface area contributed by atoms with Crippen LogP contribution in [0.1, 0.15) is 42.9 Å². The lowest BCUT2D eigenvalue weighted by Crippen LogP contribution is -2.45. The van der Waals surface area contributed by atoms with Crippen LogP contribution >= 0.6 is 24.8 Å². The number of ether oxygens (including phenoxy) is 1. The number of amides is 1. The van der Waals surface area contributed by atoms with Gasteiger partial charge in [0.1, 0.15) is 0 Å². The molecule has 1 aliphatic carbocycles. The summed E-state index contributed by atoms with van der Waals surface area (Å²) in [7, 11) is 0. The second-order valence-electron chi connectivity index (χ2n) is 7.45. The number of nitrogens with one attached hydrogen (secondary N) is 1. The molecule has 0 spiro atoms. The van der Waals surface area contributed by atoms with Crippen molar-refractivity contribution in [2.45, 2.75) is 44.7 Å². The number of carbonyl (C=O) groups is 1. The molecule has 1 aromatic carbocycles. The van der Waals surface area contributed by atoms with E-state index < -0.39 is 0 Å². The highest BCUT2D eigenvalue weighted by Gasteiger charge is 2.27. The maximum Gasteiger partial charge on any atom is 0.223 e. The lowest BCUT2D eigenvalue weighted by atomic mass is 9.85. The fourth-order valence-electron chi connectivity index (χ4n) is 4.03. The second-order valence-corrected chi connectivity index (χ2v) is 7.45. The van der Waals surface area contributed by atoms with Gasteiger partial charge in [0.15, 0.2) is 0 Å². The molecular formula is C20H33Cl2N3O2. The van der Waals surface area contributed by atoms with Crippen molar-refractivity contribution in [2.75, 3.05) is 32.8 Å². The summed E-state index contributed by atoms with van der Waals surface area (Å²) >= 11 is 0. The number of aryl methyl sites for hydroxylation is 1. The van der Waals surface area contributed by atoms with Gasteiger partial charge in [0.05, 0.1) is 19.3 Å². The van der Waals surface area contributed by atoms with Crippen molar-refractivity contribution in [2.24, 2.45) is 11.7 Å². The van der Waals surface area contributed by atoms with Crippen molar-refractivity contribution in [3.63, 3.8) is 0 Å². The fraction of sp³-hybridized carbons (Fsp3) is 0.650. The van der Waals surface area contributed by atoms with Gasteiger partial charge in [0, 0.05) is 31.6 Å². The third kappa shape index (κ3) is 6.91. The van der Waals surface area contributed by atoms with Gasteiger partial charge >= 0.3 is 0 Å². The monoisotopic (exact) mass is 417 g/mol. The molecule has 2 fully saturated rings. The molecule has 1 saturated heterocycles. The Balaban J connectivity index is 0.00000182. The Morgan fingerprint density at radius 1 is 1.30 bits per heavy atom. The van der Waals surface area contributed by atoms with E-state index in [1.807, 2.05) is 0 Å². The van der Waals surface area contributed by atoms with Gasteiger partial charge in [-0.2, -0.15) is 0 Å². The first-order valence-corrected chi connectivity index (χ1v) is 9.55. The third-order valence-corrected chi connectivity index (χ3v) is 5.47. The molecule has 7 heteroatoms. The predicted octanol–water partition coefficient (Wildman–Crippen LogP) is 2.85. The lowest BCUT2D eigenvalue weighted by molar-refractivity contribution is -0.126. The Morgan fingerprint density at radius 3 is 2.70 bits per heavy atom. The van der Waals surface area contributed by atoms with E-state index in [1.165, 1.54) is 11.1 Å². The van der Waals surface area contributed by atoms with Gasteiger partial charge in [-0.3, -0.25) is 9.69 Å². The molecule has 1 aromatic rings. The molecule has 3 N–H and O–H groups in total. The highest BCUT2D eigenvalue weighted by Crippen LogP contribution is 2.25. The summed E-state index contributed by atoms with van der Waals surface area (Å²) in [5.74, 6) is 0.243. The SMILES string of the molecule is Cc1cccc(C(CNC(=O)C2CCCC(N)C2)N2CCOCC2)c1.Cl.Cl. The van der Waals surface area contributed by atoms with E-state index in [2.05, 4.69) is 41.4 Å². The van der Waals surface area contributed by atoms with Crippen LogP contribution in [0.3, 0.4) is 0 Å². The van der Waals surface area contributed by atoms with E-state index in [-0.39, 0.29) is 48.7 Å². The van der Waals surface area contributed by atoms with Crippen molar-refractivity contribution in [1.82, 2.24) is 10.2 Å². The summed E-state index contributed by atoms with van der Waals surface area (Å²) < 4.78 is 5.50. The summed E-state index contributed by atoms with van der Waals surface area (Å²) in [6.45, 7) is 6.09. The van der Waals surface area contributed by atoms with Crippen LogP contribution in [-0.4, -0.2) is 49.7 Å². The molecule has 3 rings (SSSR count). The zero-order chi connectivity index (χ0) is 17.6. The zero-order valence-corrected chi connectivity index (χ0v) is 17.7. The minimum absolute atomic E-state index is 0. The molecule has 0 bridgehead atoms. The van der Waals surface area contributed by atoms with Crippen LogP contribution in [-0.2, 0) is 9.53 Å². The molecular weight excluding hydrogens is 385 g/mol. The maximum absolute atomic E-state index is 12.6. The Kier molecular flexibility index (Phi) is 10.6. The van der Waals surface area contributed by atoms with E-state index in [1.54, 1.807) is 0 Å². The summed E-state index contributed by atoms with van der Waals surface area (Å²) in [4.78, 5) is 15.0. The first-order valence-electron chi connectivity index (χ1n) is 9.55. The van der Waals surface area contributed by atoms with Gasteiger partial charge < -0.3 is 15.8 Å². The van der Waals surface area contributed by atoms with Crippen molar-refractivity contribution >= 4 is 30.7 Å². The van der Waals surface area contributed by atoms with Crippen LogP contribution in [0, 0.1) is 12.8 Å². The number of rotatable bonds is 5. The highest BCUT2D eigenvalue weighted by atomic mass is 35.5.